The molecule has 0 radical (unpaired) electrons. The van der Waals surface area contributed by atoms with Gasteiger partial charge in [0, 0.05) is 18.1 Å². The average molecular weight is 250 g/mol. The van der Waals surface area contributed by atoms with Gasteiger partial charge in [-0.3, -0.25) is 4.90 Å². The first-order chi connectivity index (χ1) is 8.70. The van der Waals surface area contributed by atoms with E-state index in [0.717, 1.165) is 17.9 Å². The van der Waals surface area contributed by atoms with Crippen LogP contribution >= 0.6 is 0 Å². The summed E-state index contributed by atoms with van der Waals surface area (Å²) in [5.74, 6) is 1.84. The molecular weight excluding hydrogens is 220 g/mol. The van der Waals surface area contributed by atoms with Crippen molar-refractivity contribution >= 4 is 0 Å². The first-order valence-corrected chi connectivity index (χ1v) is 8.19. The Labute approximate surface area is 113 Å². The Kier molecular flexibility index (Phi) is 3.68. The topological polar surface area (TPSA) is 15.3 Å². The van der Waals surface area contributed by atoms with E-state index in [9.17, 15) is 0 Å². The summed E-state index contributed by atoms with van der Waals surface area (Å²) in [7, 11) is 0. The zero-order valence-electron chi connectivity index (χ0n) is 12.3. The number of nitrogens with one attached hydrogen (secondary N) is 1. The van der Waals surface area contributed by atoms with E-state index < -0.39 is 0 Å². The maximum atomic E-state index is 3.89. The summed E-state index contributed by atoms with van der Waals surface area (Å²) < 4.78 is 0. The molecule has 2 aliphatic carbocycles. The minimum absolute atomic E-state index is 0.488. The van der Waals surface area contributed by atoms with Crippen molar-refractivity contribution in [1.82, 2.24) is 10.2 Å². The Hall–Kier alpha value is -0.0800. The van der Waals surface area contributed by atoms with E-state index in [0.29, 0.717) is 5.54 Å². The second kappa shape index (κ2) is 5.13. The lowest BCUT2D eigenvalue weighted by Crippen LogP contribution is -2.52. The fourth-order valence-corrected chi connectivity index (χ4v) is 4.68. The molecule has 0 aromatic heterocycles. The van der Waals surface area contributed by atoms with Crippen LogP contribution in [0.5, 0.6) is 0 Å². The van der Waals surface area contributed by atoms with Crippen molar-refractivity contribution in [3.63, 3.8) is 0 Å². The summed E-state index contributed by atoms with van der Waals surface area (Å²) in [5.41, 5.74) is 0.488. The summed E-state index contributed by atoms with van der Waals surface area (Å²) in [5, 5.41) is 3.89. The van der Waals surface area contributed by atoms with E-state index in [4.69, 9.17) is 0 Å². The largest absolute Gasteiger partial charge is 0.310 e. The second-order valence-electron chi connectivity index (χ2n) is 7.22. The molecule has 104 valence electrons. The van der Waals surface area contributed by atoms with Gasteiger partial charge in [-0.1, -0.05) is 26.7 Å². The molecule has 2 nitrogen and oxygen atoms in total. The molecule has 0 bridgehead atoms. The number of nitrogens with zero attached hydrogens (tertiary/aromatic N) is 1. The minimum Gasteiger partial charge on any atom is -0.310 e. The van der Waals surface area contributed by atoms with Gasteiger partial charge in [0.2, 0.25) is 0 Å². The van der Waals surface area contributed by atoms with Crippen molar-refractivity contribution in [2.24, 2.45) is 11.8 Å². The lowest BCUT2D eigenvalue weighted by molar-refractivity contribution is 0.127. The molecule has 2 saturated carbocycles. The smallest absolute Gasteiger partial charge is 0.0308 e. The Morgan fingerprint density at radius 1 is 1.06 bits per heavy atom. The van der Waals surface area contributed by atoms with Crippen LogP contribution in [0, 0.1) is 11.8 Å². The highest BCUT2D eigenvalue weighted by Crippen LogP contribution is 2.38. The van der Waals surface area contributed by atoms with Gasteiger partial charge in [-0.25, -0.2) is 0 Å². The van der Waals surface area contributed by atoms with E-state index in [1.807, 2.05) is 0 Å². The summed E-state index contributed by atoms with van der Waals surface area (Å²) in [6.07, 6.45) is 9.95. The molecule has 3 rings (SSSR count). The van der Waals surface area contributed by atoms with Crippen molar-refractivity contribution in [2.75, 3.05) is 19.6 Å². The van der Waals surface area contributed by atoms with Crippen molar-refractivity contribution in [3.05, 3.63) is 0 Å². The number of hydrogen-bond acceptors (Lipinski definition) is 2. The van der Waals surface area contributed by atoms with Crippen LogP contribution in [0.2, 0.25) is 0 Å². The monoisotopic (exact) mass is 250 g/mol. The van der Waals surface area contributed by atoms with Gasteiger partial charge in [-0.2, -0.15) is 0 Å². The molecule has 3 fully saturated rings. The molecule has 3 atom stereocenters. The highest BCUT2D eigenvalue weighted by Gasteiger charge is 2.41. The molecule has 2 heteroatoms. The summed E-state index contributed by atoms with van der Waals surface area (Å²) in [4.78, 5) is 2.86. The Bertz CT molecular complexity index is 283. The molecule has 0 aromatic rings. The van der Waals surface area contributed by atoms with E-state index in [-0.39, 0.29) is 0 Å². The standard InChI is InChI=1S/C16H30N2/c1-13-6-7-15(14(13)2)18-11-5-10-17-16(12-18)8-3-4-9-16/h13-15,17H,3-12H2,1-2H3. The lowest BCUT2D eigenvalue weighted by atomic mass is 9.93. The van der Waals surface area contributed by atoms with Gasteiger partial charge in [0.25, 0.3) is 0 Å². The molecule has 1 spiro atoms. The van der Waals surface area contributed by atoms with Gasteiger partial charge in [-0.15, -0.1) is 0 Å². The first-order valence-electron chi connectivity index (χ1n) is 8.19. The van der Waals surface area contributed by atoms with Crippen LogP contribution in [0.3, 0.4) is 0 Å². The molecule has 1 aliphatic heterocycles. The normalized spacial score (nSPS) is 41.3. The molecule has 3 unspecified atom stereocenters. The van der Waals surface area contributed by atoms with Crippen LogP contribution in [-0.4, -0.2) is 36.1 Å². The zero-order valence-corrected chi connectivity index (χ0v) is 12.3. The van der Waals surface area contributed by atoms with Crippen molar-refractivity contribution < 1.29 is 0 Å². The van der Waals surface area contributed by atoms with Crippen molar-refractivity contribution in [2.45, 2.75) is 70.4 Å². The van der Waals surface area contributed by atoms with Gasteiger partial charge in [-0.05, 0) is 57.0 Å². The van der Waals surface area contributed by atoms with Crippen LogP contribution in [0.4, 0.5) is 0 Å². The SMILES string of the molecule is CC1CCC(N2CCCNC3(CCCC3)C2)C1C. The number of hydrogen-bond donors (Lipinski definition) is 1. The van der Waals surface area contributed by atoms with Crippen LogP contribution in [-0.2, 0) is 0 Å². The van der Waals surface area contributed by atoms with Crippen LogP contribution in [0.15, 0.2) is 0 Å². The fraction of sp³-hybridized carbons (Fsp3) is 1.00. The third-order valence-corrected chi connectivity index (χ3v) is 6.08. The van der Waals surface area contributed by atoms with Gasteiger partial charge < -0.3 is 5.32 Å². The second-order valence-corrected chi connectivity index (χ2v) is 7.22. The Balaban J connectivity index is 1.71. The highest BCUT2D eigenvalue weighted by atomic mass is 15.2. The summed E-state index contributed by atoms with van der Waals surface area (Å²) in [6.45, 7) is 8.84. The summed E-state index contributed by atoms with van der Waals surface area (Å²) in [6, 6.07) is 0.873. The van der Waals surface area contributed by atoms with E-state index >= 15 is 0 Å². The average Bonchev–Trinajstić information content (AvgIpc) is 2.86. The molecule has 0 aromatic carbocycles. The Morgan fingerprint density at radius 3 is 2.50 bits per heavy atom. The van der Waals surface area contributed by atoms with Crippen LogP contribution in [0.1, 0.15) is 58.8 Å². The van der Waals surface area contributed by atoms with Gasteiger partial charge >= 0.3 is 0 Å². The van der Waals surface area contributed by atoms with Crippen molar-refractivity contribution in [3.8, 4) is 0 Å². The Morgan fingerprint density at radius 2 is 1.83 bits per heavy atom. The highest BCUT2D eigenvalue weighted by molar-refractivity contribution is 4.99. The zero-order chi connectivity index (χ0) is 12.6. The maximum absolute atomic E-state index is 3.89. The van der Waals surface area contributed by atoms with Gasteiger partial charge in [0.05, 0.1) is 0 Å². The molecule has 3 aliphatic rings. The fourth-order valence-electron chi connectivity index (χ4n) is 4.68. The molecule has 18 heavy (non-hydrogen) atoms. The molecule has 0 amide bonds. The third kappa shape index (κ3) is 2.34. The van der Waals surface area contributed by atoms with E-state index in [1.165, 1.54) is 64.6 Å². The first kappa shape index (κ1) is 12.9. The molecule has 1 saturated heterocycles. The van der Waals surface area contributed by atoms with Gasteiger partial charge in [0.1, 0.15) is 0 Å². The predicted molar refractivity (Wildman–Crippen MR) is 76.7 cm³/mol. The van der Waals surface area contributed by atoms with E-state index in [1.54, 1.807) is 0 Å². The molecule has 1 N–H and O–H groups in total. The van der Waals surface area contributed by atoms with E-state index in [2.05, 4.69) is 24.1 Å². The van der Waals surface area contributed by atoms with Crippen LogP contribution < -0.4 is 5.32 Å². The molecule has 1 heterocycles. The van der Waals surface area contributed by atoms with Crippen LogP contribution in [0.25, 0.3) is 0 Å². The third-order valence-electron chi connectivity index (χ3n) is 6.08. The number of rotatable bonds is 1. The lowest BCUT2D eigenvalue weighted by Gasteiger charge is -2.38. The summed E-state index contributed by atoms with van der Waals surface area (Å²) >= 11 is 0. The molecular formula is C16H30N2. The minimum atomic E-state index is 0.488. The quantitative estimate of drug-likeness (QED) is 0.769. The van der Waals surface area contributed by atoms with Gasteiger partial charge in [0.15, 0.2) is 0 Å². The maximum Gasteiger partial charge on any atom is 0.0308 e. The predicted octanol–water partition coefficient (Wildman–Crippen LogP) is 3.03. The van der Waals surface area contributed by atoms with Crippen molar-refractivity contribution in [1.29, 1.82) is 0 Å².